The first kappa shape index (κ1) is 15.4. The SMILES string of the molecule is Nc1cc(Cc2nccs2)ccc1OCCOc1ccccc1. The van der Waals surface area contributed by atoms with Crippen LogP contribution in [0.2, 0.25) is 0 Å². The molecule has 0 aliphatic rings. The highest BCUT2D eigenvalue weighted by atomic mass is 32.1. The van der Waals surface area contributed by atoms with E-state index < -0.39 is 0 Å². The molecule has 0 spiro atoms. The van der Waals surface area contributed by atoms with Crippen molar-refractivity contribution in [2.45, 2.75) is 6.42 Å². The number of nitrogens with zero attached hydrogens (tertiary/aromatic N) is 1. The smallest absolute Gasteiger partial charge is 0.142 e. The van der Waals surface area contributed by atoms with Gasteiger partial charge in [0.05, 0.1) is 10.7 Å². The van der Waals surface area contributed by atoms with E-state index in [1.807, 2.05) is 60.1 Å². The summed E-state index contributed by atoms with van der Waals surface area (Å²) in [5, 5.41) is 3.05. The van der Waals surface area contributed by atoms with Gasteiger partial charge in [-0.1, -0.05) is 24.3 Å². The molecule has 0 amide bonds. The molecule has 118 valence electrons. The number of hydrogen-bond donors (Lipinski definition) is 1. The van der Waals surface area contributed by atoms with Crippen LogP contribution < -0.4 is 15.2 Å². The van der Waals surface area contributed by atoms with Crippen molar-refractivity contribution in [1.29, 1.82) is 0 Å². The molecule has 0 aliphatic heterocycles. The molecule has 3 aromatic rings. The van der Waals surface area contributed by atoms with Gasteiger partial charge in [-0.2, -0.15) is 0 Å². The first-order valence-corrected chi connectivity index (χ1v) is 8.26. The number of para-hydroxylation sites is 1. The largest absolute Gasteiger partial charge is 0.490 e. The van der Waals surface area contributed by atoms with Gasteiger partial charge < -0.3 is 15.2 Å². The van der Waals surface area contributed by atoms with Crippen molar-refractivity contribution in [2.75, 3.05) is 18.9 Å². The molecule has 2 N–H and O–H groups in total. The second-order valence-corrected chi connectivity index (χ2v) is 5.96. The second-order valence-electron chi connectivity index (χ2n) is 4.98. The first-order valence-electron chi connectivity index (χ1n) is 7.39. The third kappa shape index (κ3) is 4.47. The predicted molar refractivity (Wildman–Crippen MR) is 93.2 cm³/mol. The van der Waals surface area contributed by atoms with E-state index in [-0.39, 0.29) is 0 Å². The minimum absolute atomic E-state index is 0.449. The number of hydrogen-bond acceptors (Lipinski definition) is 5. The van der Waals surface area contributed by atoms with Crippen LogP contribution in [-0.4, -0.2) is 18.2 Å². The van der Waals surface area contributed by atoms with Crippen molar-refractivity contribution in [3.8, 4) is 11.5 Å². The monoisotopic (exact) mass is 326 g/mol. The zero-order valence-corrected chi connectivity index (χ0v) is 13.5. The fraction of sp³-hybridized carbons (Fsp3) is 0.167. The number of anilines is 1. The Labute approximate surface area is 139 Å². The summed E-state index contributed by atoms with van der Waals surface area (Å²) in [6.45, 7) is 0.926. The Hall–Kier alpha value is -2.53. The van der Waals surface area contributed by atoms with E-state index in [0.29, 0.717) is 24.7 Å². The van der Waals surface area contributed by atoms with Crippen LogP contribution in [0.5, 0.6) is 11.5 Å². The molecule has 0 atom stereocenters. The summed E-state index contributed by atoms with van der Waals surface area (Å²) in [4.78, 5) is 4.28. The van der Waals surface area contributed by atoms with Crippen molar-refractivity contribution >= 4 is 17.0 Å². The molecule has 4 nitrogen and oxygen atoms in total. The zero-order valence-electron chi connectivity index (χ0n) is 12.6. The predicted octanol–water partition coefficient (Wildman–Crippen LogP) is 3.77. The number of thiazole rings is 1. The van der Waals surface area contributed by atoms with Gasteiger partial charge in [-0.3, -0.25) is 0 Å². The Morgan fingerprint density at radius 1 is 1.00 bits per heavy atom. The molecule has 2 aromatic carbocycles. The molecule has 0 saturated carbocycles. The molecule has 0 saturated heterocycles. The van der Waals surface area contributed by atoms with Gasteiger partial charge in [0.25, 0.3) is 0 Å². The second kappa shape index (κ2) is 7.65. The number of nitrogen functional groups attached to an aromatic ring is 1. The average molecular weight is 326 g/mol. The molecule has 0 fully saturated rings. The number of aromatic nitrogens is 1. The molecule has 0 unspecified atom stereocenters. The molecule has 0 aliphatic carbocycles. The Morgan fingerprint density at radius 2 is 1.83 bits per heavy atom. The maximum absolute atomic E-state index is 6.06. The number of benzene rings is 2. The standard InChI is InChI=1S/C18H18N2O2S/c19-16-12-14(13-18-20-8-11-23-18)6-7-17(16)22-10-9-21-15-4-2-1-3-5-15/h1-8,11-12H,9-10,13,19H2. The summed E-state index contributed by atoms with van der Waals surface area (Å²) in [6, 6.07) is 15.5. The van der Waals surface area contributed by atoms with Gasteiger partial charge >= 0.3 is 0 Å². The maximum Gasteiger partial charge on any atom is 0.142 e. The van der Waals surface area contributed by atoms with Crippen LogP contribution in [0.4, 0.5) is 5.69 Å². The Morgan fingerprint density at radius 3 is 2.57 bits per heavy atom. The quantitative estimate of drug-likeness (QED) is 0.530. The van der Waals surface area contributed by atoms with Crippen LogP contribution in [0, 0.1) is 0 Å². The van der Waals surface area contributed by atoms with Crippen molar-refractivity contribution in [3.05, 3.63) is 70.7 Å². The summed E-state index contributed by atoms with van der Waals surface area (Å²) in [6.07, 6.45) is 2.60. The van der Waals surface area contributed by atoms with Crippen molar-refractivity contribution in [3.63, 3.8) is 0 Å². The lowest BCUT2D eigenvalue weighted by atomic mass is 10.1. The molecule has 0 bridgehead atoms. The third-order valence-corrected chi connectivity index (χ3v) is 4.05. The highest BCUT2D eigenvalue weighted by Gasteiger charge is 2.04. The van der Waals surface area contributed by atoms with Crippen LogP contribution in [0.3, 0.4) is 0 Å². The topological polar surface area (TPSA) is 57.4 Å². The zero-order chi connectivity index (χ0) is 15.9. The average Bonchev–Trinajstić information content (AvgIpc) is 3.07. The van der Waals surface area contributed by atoms with E-state index >= 15 is 0 Å². The Balaban J connectivity index is 1.50. The van der Waals surface area contributed by atoms with E-state index in [0.717, 1.165) is 22.7 Å². The van der Waals surface area contributed by atoms with Crippen LogP contribution in [0.25, 0.3) is 0 Å². The van der Waals surface area contributed by atoms with Crippen LogP contribution in [0.15, 0.2) is 60.1 Å². The molecule has 23 heavy (non-hydrogen) atoms. The summed E-state index contributed by atoms with van der Waals surface area (Å²) < 4.78 is 11.3. The molecular weight excluding hydrogens is 308 g/mol. The van der Waals surface area contributed by atoms with Gasteiger partial charge in [-0.05, 0) is 29.8 Å². The van der Waals surface area contributed by atoms with Crippen molar-refractivity contribution in [1.82, 2.24) is 4.98 Å². The third-order valence-electron chi connectivity index (χ3n) is 3.27. The lowest BCUT2D eigenvalue weighted by Gasteiger charge is -2.11. The number of rotatable bonds is 7. The van der Waals surface area contributed by atoms with Gasteiger partial charge in [-0.15, -0.1) is 11.3 Å². The minimum Gasteiger partial charge on any atom is -0.490 e. The summed E-state index contributed by atoms with van der Waals surface area (Å²) in [5.74, 6) is 1.52. The summed E-state index contributed by atoms with van der Waals surface area (Å²) in [5.41, 5.74) is 7.83. The Bertz CT molecular complexity index is 730. The first-order chi connectivity index (χ1) is 11.3. The van der Waals surface area contributed by atoms with Gasteiger partial charge in [0.1, 0.15) is 24.7 Å². The highest BCUT2D eigenvalue weighted by molar-refractivity contribution is 7.09. The molecule has 5 heteroatoms. The maximum atomic E-state index is 6.06. The van der Waals surface area contributed by atoms with Gasteiger partial charge in [0.2, 0.25) is 0 Å². The molecule has 1 aromatic heterocycles. The normalized spacial score (nSPS) is 10.4. The summed E-state index contributed by atoms with van der Waals surface area (Å²) >= 11 is 1.64. The Kier molecular flexibility index (Phi) is 5.11. The van der Waals surface area contributed by atoms with Crippen LogP contribution in [0.1, 0.15) is 10.6 Å². The molecule has 0 radical (unpaired) electrons. The fourth-order valence-corrected chi connectivity index (χ4v) is 2.83. The lowest BCUT2D eigenvalue weighted by molar-refractivity contribution is 0.218. The van der Waals surface area contributed by atoms with Crippen LogP contribution in [-0.2, 0) is 6.42 Å². The van der Waals surface area contributed by atoms with E-state index in [1.165, 1.54) is 0 Å². The van der Waals surface area contributed by atoms with Crippen molar-refractivity contribution in [2.24, 2.45) is 0 Å². The molecular formula is C18H18N2O2S. The highest BCUT2D eigenvalue weighted by Crippen LogP contribution is 2.24. The molecule has 1 heterocycles. The number of nitrogens with two attached hydrogens (primary N) is 1. The van der Waals surface area contributed by atoms with Gasteiger partial charge in [0, 0.05) is 18.0 Å². The van der Waals surface area contributed by atoms with E-state index in [1.54, 1.807) is 11.3 Å². The minimum atomic E-state index is 0.449. The fourth-order valence-electron chi connectivity index (χ4n) is 2.18. The van der Waals surface area contributed by atoms with E-state index in [4.69, 9.17) is 15.2 Å². The van der Waals surface area contributed by atoms with Crippen LogP contribution >= 0.6 is 11.3 Å². The van der Waals surface area contributed by atoms with E-state index in [9.17, 15) is 0 Å². The van der Waals surface area contributed by atoms with Crippen molar-refractivity contribution < 1.29 is 9.47 Å². The molecule has 3 rings (SSSR count). The van der Waals surface area contributed by atoms with Gasteiger partial charge in [0.15, 0.2) is 0 Å². The lowest BCUT2D eigenvalue weighted by Crippen LogP contribution is -2.10. The number of ether oxygens (including phenoxy) is 2. The van der Waals surface area contributed by atoms with E-state index in [2.05, 4.69) is 4.98 Å². The van der Waals surface area contributed by atoms with Gasteiger partial charge in [-0.25, -0.2) is 4.98 Å². The summed E-state index contributed by atoms with van der Waals surface area (Å²) in [7, 11) is 0.